The molecule has 3 heterocycles. The predicted molar refractivity (Wildman–Crippen MR) is 205 cm³/mol. The first kappa shape index (κ1) is 40.7. The Hall–Kier alpha value is -5.02. The van der Waals surface area contributed by atoms with Crippen LogP contribution >= 0.6 is 27.5 Å². The summed E-state index contributed by atoms with van der Waals surface area (Å²) in [5.41, 5.74) is -2.75. The van der Waals surface area contributed by atoms with Gasteiger partial charge in [-0.05, 0) is 66.8 Å². The van der Waals surface area contributed by atoms with Gasteiger partial charge in [-0.25, -0.2) is 31.0 Å². The van der Waals surface area contributed by atoms with Crippen molar-refractivity contribution in [2.75, 3.05) is 17.7 Å². The maximum Gasteiger partial charge on any atom is 0.293 e. The van der Waals surface area contributed by atoms with Crippen molar-refractivity contribution < 1.29 is 43.9 Å². The molecule has 22 heteroatoms. The van der Waals surface area contributed by atoms with Gasteiger partial charge in [-0.3, -0.25) is 32.6 Å². The summed E-state index contributed by atoms with van der Waals surface area (Å²) in [5.74, 6) is -9.21. The Labute approximate surface area is 342 Å². The van der Waals surface area contributed by atoms with Gasteiger partial charge in [0.05, 0.1) is 51.5 Å². The smallest absolute Gasteiger partial charge is 0.293 e. The number of aryl methyl sites for hydroxylation is 1. The number of halogens is 9. The van der Waals surface area contributed by atoms with E-state index >= 15 is 8.78 Å². The number of nitrogens with zero attached hydrogens (tertiary/aromatic N) is 6. The number of anilines is 1. The highest BCUT2D eigenvalue weighted by molar-refractivity contribution is 9.10. The Kier molecular flexibility index (Phi) is 10.3. The van der Waals surface area contributed by atoms with Gasteiger partial charge in [0.25, 0.3) is 17.9 Å². The molecule has 0 spiro atoms. The molecule has 3 atom stereocenters. The first-order valence-corrected chi connectivity index (χ1v) is 20.9. The molecule has 0 bridgehead atoms. The molecule has 0 radical (unpaired) electrons. The third-order valence-electron chi connectivity index (χ3n) is 10.2. The van der Waals surface area contributed by atoms with E-state index in [0.717, 1.165) is 23.0 Å². The normalized spacial score (nSPS) is 17.4. The van der Waals surface area contributed by atoms with Crippen LogP contribution < -0.4 is 15.6 Å². The molecule has 0 aliphatic heterocycles. The van der Waals surface area contributed by atoms with Gasteiger partial charge in [0.1, 0.15) is 35.4 Å². The summed E-state index contributed by atoms with van der Waals surface area (Å²) in [7, 11) is -3.98. The number of carbonyl (C=O) groups is 1. The summed E-state index contributed by atoms with van der Waals surface area (Å²) in [6, 6.07) is 8.16. The van der Waals surface area contributed by atoms with Crippen LogP contribution in [0.15, 0.2) is 57.8 Å². The van der Waals surface area contributed by atoms with E-state index in [1.165, 1.54) is 28.9 Å². The zero-order chi connectivity index (χ0) is 42.3. The lowest BCUT2D eigenvalue weighted by atomic mass is 10.0. The number of carbonyl (C=O) groups excluding carboxylic acids is 1. The van der Waals surface area contributed by atoms with Crippen molar-refractivity contribution in [2.24, 2.45) is 5.92 Å². The fourth-order valence-corrected chi connectivity index (χ4v) is 8.91. The van der Waals surface area contributed by atoms with E-state index in [1.807, 2.05) is 0 Å². The van der Waals surface area contributed by atoms with Crippen LogP contribution in [-0.4, -0.2) is 56.4 Å². The minimum absolute atomic E-state index is 0.00339. The fourth-order valence-electron chi connectivity index (χ4n) is 7.83. The molecule has 1 saturated carbocycles. The molecule has 6 aromatic rings. The van der Waals surface area contributed by atoms with Crippen molar-refractivity contribution in [3.63, 3.8) is 0 Å². The lowest BCUT2D eigenvalue weighted by Gasteiger charge is -2.24. The van der Waals surface area contributed by atoms with Gasteiger partial charge >= 0.3 is 0 Å². The van der Waals surface area contributed by atoms with Gasteiger partial charge in [0.2, 0.25) is 15.9 Å². The number of amides is 1. The van der Waals surface area contributed by atoms with Gasteiger partial charge in [-0.15, -0.1) is 0 Å². The highest BCUT2D eigenvalue weighted by Crippen LogP contribution is 2.68. The molecule has 2 N–H and O–H groups in total. The second-order valence-corrected chi connectivity index (χ2v) is 17.4. The van der Waals surface area contributed by atoms with Gasteiger partial charge < -0.3 is 5.32 Å². The van der Waals surface area contributed by atoms with E-state index in [2.05, 4.69) is 36.2 Å². The second kappa shape index (κ2) is 14.9. The van der Waals surface area contributed by atoms with Gasteiger partial charge in [0.15, 0.2) is 5.82 Å². The number of alkyl halides is 5. The molecule has 3 aromatic carbocycles. The Morgan fingerprint density at radius 1 is 1.07 bits per heavy atom. The molecule has 0 unspecified atom stereocenters. The minimum Gasteiger partial charge on any atom is -0.344 e. The van der Waals surface area contributed by atoms with Crippen molar-refractivity contribution in [2.45, 2.75) is 56.7 Å². The maximum absolute atomic E-state index is 15.4. The topological polar surface area (TPSA) is 146 Å². The first-order chi connectivity index (χ1) is 27.9. The summed E-state index contributed by atoms with van der Waals surface area (Å²) < 4.78 is 132. The number of hydrogen-bond donors (Lipinski definition) is 2. The van der Waals surface area contributed by atoms with E-state index in [4.69, 9.17) is 16.6 Å². The maximum atomic E-state index is 15.4. The quantitative estimate of drug-likeness (QED) is 0.114. The average Bonchev–Trinajstić information content (AvgIpc) is 3.66. The van der Waals surface area contributed by atoms with E-state index in [1.54, 1.807) is 6.07 Å². The summed E-state index contributed by atoms with van der Waals surface area (Å²) in [4.78, 5) is 33.5. The molecule has 1 fully saturated rings. The predicted octanol–water partition coefficient (Wildman–Crippen LogP) is 7.60. The highest BCUT2D eigenvalue weighted by atomic mass is 79.9. The Bertz CT molecular complexity index is 2870. The highest BCUT2D eigenvalue weighted by Gasteiger charge is 2.67. The van der Waals surface area contributed by atoms with E-state index in [0.29, 0.717) is 15.2 Å². The summed E-state index contributed by atoms with van der Waals surface area (Å²) >= 11 is 9.97. The number of aromatic nitrogens is 6. The van der Waals surface area contributed by atoms with Crippen LogP contribution in [-0.2, 0) is 40.3 Å². The largest absolute Gasteiger partial charge is 0.344 e. The van der Waals surface area contributed by atoms with Gasteiger partial charge in [-0.1, -0.05) is 27.5 Å². The summed E-state index contributed by atoms with van der Waals surface area (Å²) in [6.45, 7) is -1.95. The Morgan fingerprint density at radius 2 is 1.80 bits per heavy atom. The average molecular weight is 930 g/mol. The van der Waals surface area contributed by atoms with Crippen LogP contribution in [0.25, 0.3) is 27.5 Å². The number of nitrogens with one attached hydrogen (secondary N) is 2. The van der Waals surface area contributed by atoms with E-state index in [-0.39, 0.29) is 74.7 Å². The standard InChI is InChI=1S/C37H29BrClF7N8O4S/c1-59(57,58)51-34-29-23(39)5-6-26(31(29)52(50-34)8-2-7-40)54-35(48-24-12-17(38)3-4-20(24)36(54)56)25(11-16-9-18(41)13-19(42)10-16)47-27(55)15-53-32-28(30(49-53)33(43)44)21-14-22(21)37(32,45)46/h3-6,9-10,12-13,21-22,25,33H,2,7-8,11,14-15H2,1H3,(H,47,55)(H,50,51)/t21-,22+,25-/m0/s1. The van der Waals surface area contributed by atoms with Crippen molar-refractivity contribution in [3.8, 4) is 5.69 Å². The molecule has 1 amide bonds. The molecule has 12 nitrogen and oxygen atoms in total. The first-order valence-electron chi connectivity index (χ1n) is 17.8. The third kappa shape index (κ3) is 7.45. The van der Waals surface area contributed by atoms with Crippen molar-refractivity contribution in [1.82, 2.24) is 34.4 Å². The fraction of sp³-hybridized carbons (Fsp3) is 0.324. The van der Waals surface area contributed by atoms with Gasteiger partial charge in [-0.2, -0.15) is 19.0 Å². The Morgan fingerprint density at radius 3 is 2.47 bits per heavy atom. The number of hydrogen-bond acceptors (Lipinski definition) is 7. The zero-order valence-electron chi connectivity index (χ0n) is 30.3. The molecule has 0 saturated heterocycles. The molecule has 310 valence electrons. The Balaban J connectivity index is 1.34. The van der Waals surface area contributed by atoms with Crippen LogP contribution in [0, 0.1) is 17.6 Å². The van der Waals surface area contributed by atoms with E-state index in [9.17, 15) is 40.0 Å². The van der Waals surface area contributed by atoms with E-state index < -0.39 is 94.4 Å². The van der Waals surface area contributed by atoms with Crippen LogP contribution in [0.2, 0.25) is 5.02 Å². The monoisotopic (exact) mass is 928 g/mol. The minimum atomic E-state index is -3.98. The lowest BCUT2D eigenvalue weighted by Crippen LogP contribution is -2.38. The summed E-state index contributed by atoms with van der Waals surface area (Å²) in [5, 5.41) is 10.7. The lowest BCUT2D eigenvalue weighted by molar-refractivity contribution is -0.123. The van der Waals surface area contributed by atoms with Crippen LogP contribution in [0.3, 0.4) is 0 Å². The zero-order valence-corrected chi connectivity index (χ0v) is 33.5. The van der Waals surface area contributed by atoms with Crippen LogP contribution in [0.1, 0.15) is 59.6 Å². The SMILES string of the molecule is CS(=O)(=O)Nc1nn(CCCF)c2c(-n3c([C@H](Cc4cc(F)cc(F)c4)NC(=O)Cn4nc(C(F)F)c5c4C(F)(F)[C@@H]4C[C@H]54)nc4cc(Br)ccc4c3=O)ccc(Cl)c12. The third-order valence-corrected chi connectivity index (χ3v) is 11.5. The number of rotatable bonds is 13. The number of sulfonamides is 1. The molecular formula is C37H29BrClF7N8O4S. The van der Waals surface area contributed by atoms with Crippen LogP contribution in [0.5, 0.6) is 0 Å². The molecule has 8 rings (SSSR count). The van der Waals surface area contributed by atoms with Crippen molar-refractivity contribution in [3.05, 3.63) is 108 Å². The molecule has 59 heavy (non-hydrogen) atoms. The van der Waals surface area contributed by atoms with Crippen molar-refractivity contribution >= 4 is 71.1 Å². The summed E-state index contributed by atoms with van der Waals surface area (Å²) in [6.07, 6.45) is -2.95. The molecular weight excluding hydrogens is 901 g/mol. The van der Waals surface area contributed by atoms with Gasteiger partial charge in [0, 0.05) is 35.0 Å². The number of benzene rings is 3. The second-order valence-electron chi connectivity index (χ2n) is 14.3. The number of fused-ring (bicyclic) bond motifs is 5. The van der Waals surface area contributed by atoms with Crippen molar-refractivity contribution in [1.29, 1.82) is 0 Å². The molecule has 3 aromatic heterocycles. The van der Waals surface area contributed by atoms with Crippen LogP contribution in [0.4, 0.5) is 36.6 Å². The molecule has 2 aliphatic carbocycles. The molecule has 2 aliphatic rings.